The Morgan fingerprint density at radius 1 is 1.23 bits per heavy atom. The summed E-state index contributed by atoms with van der Waals surface area (Å²) in [4.78, 5) is 30.2. The minimum Gasteiger partial charge on any atom is -0.294 e. The summed E-state index contributed by atoms with van der Waals surface area (Å²) in [6, 6.07) is 8.15. The number of benzene rings is 1. The van der Waals surface area contributed by atoms with E-state index in [4.69, 9.17) is 0 Å². The molecule has 1 aliphatic carbocycles. The van der Waals surface area contributed by atoms with Crippen molar-refractivity contribution in [1.82, 2.24) is 0 Å². The topological polar surface area (TPSA) is 46.5 Å². The number of rotatable bonds is 10. The lowest BCUT2D eigenvalue weighted by Gasteiger charge is -2.25. The molecular formula is C28H37NO2. The number of carbonyl (C=O) groups is 2. The molecule has 0 aliphatic heterocycles. The first kappa shape index (κ1) is 24.7. The highest BCUT2D eigenvalue weighted by molar-refractivity contribution is 6.20. The van der Waals surface area contributed by atoms with Crippen LogP contribution in [0.3, 0.4) is 0 Å². The minimum atomic E-state index is -0.213. The van der Waals surface area contributed by atoms with Crippen LogP contribution >= 0.6 is 0 Å². The normalized spacial score (nSPS) is 19.1. The molecule has 1 aliphatic rings. The van der Waals surface area contributed by atoms with Crippen LogP contribution in [0.2, 0.25) is 0 Å². The smallest absolute Gasteiger partial charge is 0.164 e. The number of Topliss-reactive ketones (excluding diaryl/α,β-unsaturated/α-hetero) is 2. The van der Waals surface area contributed by atoms with Crippen molar-refractivity contribution in [3.8, 4) is 0 Å². The summed E-state index contributed by atoms with van der Waals surface area (Å²) < 4.78 is 0. The first-order valence-corrected chi connectivity index (χ1v) is 11.6. The Bertz CT molecular complexity index is 901. The van der Waals surface area contributed by atoms with Crippen LogP contribution in [0.1, 0.15) is 77.3 Å². The van der Waals surface area contributed by atoms with Gasteiger partial charge in [-0.1, -0.05) is 63.6 Å². The van der Waals surface area contributed by atoms with E-state index in [2.05, 4.69) is 37.0 Å². The standard InChI is InChI=1S/C28H37NO2/c1-6-17-29-19-20(3)13-9-8-10-16-25(24-15-12-11-14-21(24)4)27-23(7-2)28(31)22(5)18-26(27)30/h6,11-12,14-17,19-20,22H,7-10,13,18H2,1-5H3/b17-6-,25-16+,29-19?. The number of allylic oxidation sites excluding steroid dienone is 5. The Labute approximate surface area is 188 Å². The van der Waals surface area contributed by atoms with E-state index in [1.165, 1.54) is 0 Å². The third-order valence-corrected chi connectivity index (χ3v) is 5.91. The molecule has 0 heterocycles. The maximum absolute atomic E-state index is 13.1. The van der Waals surface area contributed by atoms with Gasteiger partial charge in [-0.25, -0.2) is 0 Å². The van der Waals surface area contributed by atoms with Crippen LogP contribution in [0.25, 0.3) is 5.57 Å². The quantitative estimate of drug-likeness (QED) is 0.301. The average molecular weight is 420 g/mol. The lowest BCUT2D eigenvalue weighted by Crippen LogP contribution is -2.27. The highest BCUT2D eigenvalue weighted by Gasteiger charge is 2.33. The van der Waals surface area contributed by atoms with Gasteiger partial charge in [-0.15, -0.1) is 0 Å². The van der Waals surface area contributed by atoms with Gasteiger partial charge in [-0.2, -0.15) is 0 Å². The third-order valence-electron chi connectivity index (χ3n) is 5.91. The van der Waals surface area contributed by atoms with Crippen molar-refractivity contribution in [3.05, 3.63) is 64.9 Å². The summed E-state index contributed by atoms with van der Waals surface area (Å²) in [5.74, 6) is 0.470. The van der Waals surface area contributed by atoms with Crippen molar-refractivity contribution in [3.63, 3.8) is 0 Å². The molecule has 0 N–H and O–H groups in total. The zero-order valence-corrected chi connectivity index (χ0v) is 19.8. The molecule has 0 fully saturated rings. The van der Waals surface area contributed by atoms with Crippen molar-refractivity contribution in [2.75, 3.05) is 0 Å². The van der Waals surface area contributed by atoms with Crippen molar-refractivity contribution in [2.24, 2.45) is 16.8 Å². The third kappa shape index (κ3) is 6.72. The molecule has 31 heavy (non-hydrogen) atoms. The second-order valence-corrected chi connectivity index (χ2v) is 8.57. The number of hydrogen-bond acceptors (Lipinski definition) is 3. The van der Waals surface area contributed by atoms with Crippen LogP contribution in [-0.2, 0) is 9.59 Å². The van der Waals surface area contributed by atoms with E-state index in [-0.39, 0.29) is 17.5 Å². The lowest BCUT2D eigenvalue weighted by atomic mass is 9.76. The first-order valence-electron chi connectivity index (χ1n) is 11.6. The van der Waals surface area contributed by atoms with E-state index in [1.54, 1.807) is 0 Å². The Hall–Kier alpha value is -2.55. The van der Waals surface area contributed by atoms with Gasteiger partial charge >= 0.3 is 0 Å². The van der Waals surface area contributed by atoms with Crippen LogP contribution < -0.4 is 0 Å². The molecule has 2 atom stereocenters. The predicted octanol–water partition coefficient (Wildman–Crippen LogP) is 7.06. The molecule has 0 bridgehead atoms. The molecule has 0 spiro atoms. The van der Waals surface area contributed by atoms with E-state index >= 15 is 0 Å². The highest BCUT2D eigenvalue weighted by Crippen LogP contribution is 2.36. The Balaban J connectivity index is 2.27. The number of aryl methyl sites for hydroxylation is 1. The van der Waals surface area contributed by atoms with Gasteiger partial charge in [0, 0.05) is 35.9 Å². The molecule has 0 aromatic heterocycles. The van der Waals surface area contributed by atoms with E-state index in [0.29, 0.717) is 29.9 Å². The first-order chi connectivity index (χ1) is 14.9. The van der Waals surface area contributed by atoms with E-state index in [1.807, 2.05) is 51.4 Å². The summed E-state index contributed by atoms with van der Waals surface area (Å²) in [5.41, 5.74) is 4.50. The van der Waals surface area contributed by atoms with Crippen LogP contribution in [0.5, 0.6) is 0 Å². The maximum atomic E-state index is 13.1. The zero-order chi connectivity index (χ0) is 22.8. The molecule has 0 amide bonds. The van der Waals surface area contributed by atoms with E-state index in [0.717, 1.165) is 42.4 Å². The molecule has 166 valence electrons. The van der Waals surface area contributed by atoms with Gasteiger partial charge in [-0.3, -0.25) is 14.6 Å². The number of hydrogen-bond donors (Lipinski definition) is 0. The molecule has 0 saturated heterocycles. The fraction of sp³-hybridized carbons (Fsp3) is 0.464. The zero-order valence-electron chi connectivity index (χ0n) is 19.8. The molecule has 1 aromatic carbocycles. The summed E-state index contributed by atoms with van der Waals surface area (Å²) in [6.45, 7) is 10.1. The number of ketones is 2. The number of carbonyl (C=O) groups excluding carboxylic acids is 2. The summed E-state index contributed by atoms with van der Waals surface area (Å²) >= 11 is 0. The molecule has 0 saturated carbocycles. The maximum Gasteiger partial charge on any atom is 0.164 e. The monoisotopic (exact) mass is 419 g/mol. The van der Waals surface area contributed by atoms with Crippen molar-refractivity contribution in [1.29, 1.82) is 0 Å². The van der Waals surface area contributed by atoms with Gasteiger partial charge in [0.25, 0.3) is 0 Å². The van der Waals surface area contributed by atoms with Crippen LogP contribution in [-0.4, -0.2) is 17.8 Å². The van der Waals surface area contributed by atoms with Gasteiger partial charge in [-0.05, 0) is 62.1 Å². The molecule has 2 unspecified atom stereocenters. The second-order valence-electron chi connectivity index (χ2n) is 8.57. The Kier molecular flexibility index (Phi) is 9.84. The van der Waals surface area contributed by atoms with E-state index < -0.39 is 0 Å². The van der Waals surface area contributed by atoms with Gasteiger partial charge in [0.05, 0.1) is 0 Å². The van der Waals surface area contributed by atoms with Crippen LogP contribution in [0, 0.1) is 18.8 Å². The van der Waals surface area contributed by atoms with Crippen LogP contribution in [0.15, 0.2) is 58.8 Å². The summed E-state index contributed by atoms with van der Waals surface area (Å²) in [6.07, 6.45) is 13.0. The molecule has 3 heteroatoms. The second kappa shape index (κ2) is 12.3. The van der Waals surface area contributed by atoms with Crippen molar-refractivity contribution >= 4 is 23.4 Å². The molecule has 2 rings (SSSR count). The Morgan fingerprint density at radius 2 is 1.97 bits per heavy atom. The minimum absolute atomic E-state index is 0.104. The van der Waals surface area contributed by atoms with Gasteiger partial charge in [0.1, 0.15) is 0 Å². The number of aliphatic imine (C=N–C) groups is 1. The molecule has 0 radical (unpaired) electrons. The van der Waals surface area contributed by atoms with Gasteiger partial charge in [0.2, 0.25) is 0 Å². The van der Waals surface area contributed by atoms with Gasteiger partial charge in [0.15, 0.2) is 11.6 Å². The lowest BCUT2D eigenvalue weighted by molar-refractivity contribution is -0.125. The fourth-order valence-corrected chi connectivity index (χ4v) is 4.16. The van der Waals surface area contributed by atoms with Crippen LogP contribution in [0.4, 0.5) is 0 Å². The largest absolute Gasteiger partial charge is 0.294 e. The number of unbranched alkanes of at least 4 members (excludes halogenated alkanes) is 2. The molecule has 1 aromatic rings. The Morgan fingerprint density at radius 3 is 2.65 bits per heavy atom. The summed E-state index contributed by atoms with van der Waals surface area (Å²) in [5, 5.41) is 0. The molecule has 3 nitrogen and oxygen atoms in total. The molecular weight excluding hydrogens is 382 g/mol. The summed E-state index contributed by atoms with van der Waals surface area (Å²) in [7, 11) is 0. The number of nitrogens with zero attached hydrogens (tertiary/aromatic N) is 1. The average Bonchev–Trinajstić information content (AvgIpc) is 2.74. The highest BCUT2D eigenvalue weighted by atomic mass is 16.1. The van der Waals surface area contributed by atoms with Gasteiger partial charge < -0.3 is 0 Å². The van der Waals surface area contributed by atoms with Crippen molar-refractivity contribution in [2.45, 2.75) is 73.1 Å². The van der Waals surface area contributed by atoms with E-state index in [9.17, 15) is 9.59 Å². The van der Waals surface area contributed by atoms with Crippen molar-refractivity contribution < 1.29 is 9.59 Å². The fourth-order valence-electron chi connectivity index (χ4n) is 4.16. The predicted molar refractivity (Wildman–Crippen MR) is 131 cm³/mol. The SMILES string of the molecule is C/C=C\N=CC(C)CCCC/C=C(/C1=C(CC)C(=O)C(C)CC1=O)c1ccccc1C.